The first kappa shape index (κ1) is 19.2. The SMILES string of the molecule is CC1CCC2C3(C)OC4(C)CC(O)C12CC4C3NCCCCCN(C)C. The Morgan fingerprint density at radius 3 is 2.62 bits per heavy atom. The van der Waals surface area contributed by atoms with E-state index in [0.717, 1.165) is 19.4 Å². The number of hydrogen-bond acceptors (Lipinski definition) is 4. The van der Waals surface area contributed by atoms with Gasteiger partial charge in [0, 0.05) is 23.8 Å². The van der Waals surface area contributed by atoms with E-state index in [2.05, 4.69) is 45.1 Å². The monoisotopic (exact) mass is 364 g/mol. The van der Waals surface area contributed by atoms with Gasteiger partial charge in [0.2, 0.25) is 0 Å². The van der Waals surface area contributed by atoms with Crippen LogP contribution in [0.5, 0.6) is 0 Å². The molecule has 1 saturated heterocycles. The van der Waals surface area contributed by atoms with Crippen LogP contribution < -0.4 is 5.32 Å². The number of hydrogen-bond donors (Lipinski definition) is 2. The highest BCUT2D eigenvalue weighted by atomic mass is 16.5. The molecule has 4 heteroatoms. The van der Waals surface area contributed by atoms with Gasteiger partial charge in [-0.1, -0.05) is 13.3 Å². The van der Waals surface area contributed by atoms with Crippen LogP contribution in [0, 0.1) is 23.2 Å². The minimum Gasteiger partial charge on any atom is -0.392 e. The molecule has 1 heterocycles. The standard InChI is InChI=1S/C22H40N2O2/c1-15-9-10-17-21(3)19(23-11-7-6-8-12-24(4)5)16-13-22(15,17)18(25)14-20(16,2)26-21/h15-19,23,25H,6-14H2,1-5H3. The van der Waals surface area contributed by atoms with Gasteiger partial charge in [0.1, 0.15) is 0 Å². The highest BCUT2D eigenvalue weighted by molar-refractivity contribution is 5.26. The zero-order valence-electron chi connectivity index (χ0n) is 17.6. The second-order valence-electron chi connectivity index (χ2n) is 10.6. The summed E-state index contributed by atoms with van der Waals surface area (Å²) < 4.78 is 6.87. The summed E-state index contributed by atoms with van der Waals surface area (Å²) in [4.78, 5) is 2.27. The maximum atomic E-state index is 11.1. The van der Waals surface area contributed by atoms with E-state index in [9.17, 15) is 5.11 Å². The van der Waals surface area contributed by atoms with Crippen molar-refractivity contribution in [2.45, 2.75) is 89.1 Å². The molecule has 2 N–H and O–H groups in total. The van der Waals surface area contributed by atoms with Gasteiger partial charge in [0.05, 0.1) is 17.3 Å². The van der Waals surface area contributed by atoms with Crippen molar-refractivity contribution in [3.05, 3.63) is 0 Å². The van der Waals surface area contributed by atoms with Gasteiger partial charge in [0.15, 0.2) is 0 Å². The van der Waals surface area contributed by atoms with E-state index >= 15 is 0 Å². The lowest BCUT2D eigenvalue weighted by molar-refractivity contribution is -0.125. The lowest BCUT2D eigenvalue weighted by Gasteiger charge is -2.57. The van der Waals surface area contributed by atoms with Crippen LogP contribution in [0.3, 0.4) is 0 Å². The van der Waals surface area contributed by atoms with Gasteiger partial charge in [0.25, 0.3) is 0 Å². The summed E-state index contributed by atoms with van der Waals surface area (Å²) in [6.07, 6.45) is 8.10. The number of rotatable bonds is 7. The second kappa shape index (κ2) is 6.43. The number of aliphatic hydroxyl groups is 1. The van der Waals surface area contributed by atoms with Crippen LogP contribution >= 0.6 is 0 Å². The molecule has 0 radical (unpaired) electrons. The van der Waals surface area contributed by atoms with Crippen molar-refractivity contribution < 1.29 is 9.84 Å². The molecule has 0 aromatic heterocycles. The maximum absolute atomic E-state index is 11.1. The normalized spacial score (nSPS) is 52.0. The fraction of sp³-hybridized carbons (Fsp3) is 1.00. The molecule has 0 aromatic rings. The molecule has 26 heavy (non-hydrogen) atoms. The largest absolute Gasteiger partial charge is 0.392 e. The number of nitrogens with zero attached hydrogens (tertiary/aromatic N) is 1. The van der Waals surface area contributed by atoms with Crippen LogP contribution in [0.2, 0.25) is 0 Å². The van der Waals surface area contributed by atoms with Crippen molar-refractivity contribution in [3.8, 4) is 0 Å². The second-order valence-corrected chi connectivity index (χ2v) is 10.6. The van der Waals surface area contributed by atoms with Crippen molar-refractivity contribution >= 4 is 0 Å². The molecule has 8 unspecified atom stereocenters. The van der Waals surface area contributed by atoms with E-state index in [1.165, 1.54) is 38.6 Å². The molecule has 4 rings (SSSR count). The molecule has 1 spiro atoms. The Kier molecular flexibility index (Phi) is 4.74. The van der Waals surface area contributed by atoms with Gasteiger partial charge in [-0.15, -0.1) is 0 Å². The van der Waals surface area contributed by atoms with E-state index in [0.29, 0.717) is 23.8 Å². The molecule has 4 fully saturated rings. The molecular weight excluding hydrogens is 324 g/mol. The minimum atomic E-state index is -0.181. The molecule has 4 aliphatic rings. The molecule has 0 amide bonds. The minimum absolute atomic E-state index is 0.108. The Hall–Kier alpha value is -0.160. The van der Waals surface area contributed by atoms with Crippen LogP contribution in [-0.4, -0.2) is 60.5 Å². The van der Waals surface area contributed by atoms with Crippen molar-refractivity contribution in [3.63, 3.8) is 0 Å². The Labute approximate surface area is 160 Å². The zero-order chi connectivity index (χ0) is 18.7. The third-order valence-electron chi connectivity index (χ3n) is 8.84. The molecule has 150 valence electrons. The molecule has 3 aliphatic carbocycles. The quantitative estimate of drug-likeness (QED) is 0.682. The fourth-order valence-corrected chi connectivity index (χ4v) is 7.65. The van der Waals surface area contributed by atoms with Crippen LogP contribution in [0.1, 0.15) is 65.7 Å². The first-order chi connectivity index (χ1) is 12.2. The number of fused-ring (bicyclic) bond motifs is 2. The maximum Gasteiger partial charge on any atom is 0.0852 e. The Morgan fingerprint density at radius 2 is 1.88 bits per heavy atom. The lowest BCUT2D eigenvalue weighted by Crippen LogP contribution is -2.66. The van der Waals surface area contributed by atoms with Gasteiger partial charge in [-0.25, -0.2) is 0 Å². The van der Waals surface area contributed by atoms with Crippen LogP contribution in [-0.2, 0) is 4.74 Å². The summed E-state index contributed by atoms with van der Waals surface area (Å²) in [5.74, 6) is 1.68. The molecule has 3 bridgehead atoms. The van der Waals surface area contributed by atoms with Crippen LogP contribution in [0.25, 0.3) is 0 Å². The van der Waals surface area contributed by atoms with Crippen molar-refractivity contribution in [1.82, 2.24) is 10.2 Å². The van der Waals surface area contributed by atoms with Gasteiger partial charge in [-0.05, 0) is 85.0 Å². The number of ether oxygens (including phenoxy) is 1. The van der Waals surface area contributed by atoms with E-state index < -0.39 is 0 Å². The molecule has 1 aliphatic heterocycles. The summed E-state index contributed by atoms with van der Waals surface area (Å²) in [7, 11) is 4.30. The predicted octanol–water partition coefficient (Wildman–Crippen LogP) is 3.04. The molecule has 3 saturated carbocycles. The average Bonchev–Trinajstić information content (AvgIpc) is 2.94. The van der Waals surface area contributed by atoms with Gasteiger partial charge in [-0.2, -0.15) is 0 Å². The number of aliphatic hydroxyl groups excluding tert-OH is 1. The smallest absolute Gasteiger partial charge is 0.0852 e. The van der Waals surface area contributed by atoms with Gasteiger partial charge in [-0.3, -0.25) is 0 Å². The Bertz CT molecular complexity index is 540. The first-order valence-electron chi connectivity index (χ1n) is 11.0. The van der Waals surface area contributed by atoms with E-state index in [1.54, 1.807) is 0 Å². The highest BCUT2D eigenvalue weighted by Gasteiger charge is 2.76. The third-order valence-corrected chi connectivity index (χ3v) is 8.84. The average molecular weight is 365 g/mol. The fourth-order valence-electron chi connectivity index (χ4n) is 7.65. The Balaban J connectivity index is 1.46. The van der Waals surface area contributed by atoms with Gasteiger partial charge >= 0.3 is 0 Å². The van der Waals surface area contributed by atoms with Crippen molar-refractivity contribution in [2.75, 3.05) is 27.2 Å². The molecule has 8 atom stereocenters. The van der Waals surface area contributed by atoms with E-state index in [4.69, 9.17) is 4.74 Å². The Morgan fingerprint density at radius 1 is 1.12 bits per heavy atom. The zero-order valence-corrected chi connectivity index (χ0v) is 17.6. The number of nitrogens with one attached hydrogen (secondary N) is 1. The summed E-state index contributed by atoms with van der Waals surface area (Å²) in [6.45, 7) is 9.31. The lowest BCUT2D eigenvalue weighted by atomic mass is 9.48. The molecule has 4 nitrogen and oxygen atoms in total. The molecular formula is C22H40N2O2. The topological polar surface area (TPSA) is 44.7 Å². The summed E-state index contributed by atoms with van der Waals surface area (Å²) in [5, 5.41) is 15.1. The van der Waals surface area contributed by atoms with Crippen LogP contribution in [0.15, 0.2) is 0 Å². The predicted molar refractivity (Wildman–Crippen MR) is 105 cm³/mol. The van der Waals surface area contributed by atoms with E-state index in [-0.39, 0.29) is 22.7 Å². The highest BCUT2D eigenvalue weighted by Crippen LogP contribution is 2.72. The summed E-state index contributed by atoms with van der Waals surface area (Å²) in [5.41, 5.74) is -0.144. The third kappa shape index (κ3) is 2.55. The van der Waals surface area contributed by atoms with E-state index in [1.807, 2.05) is 0 Å². The van der Waals surface area contributed by atoms with Gasteiger partial charge < -0.3 is 20.1 Å². The summed E-state index contributed by atoms with van der Waals surface area (Å²) in [6, 6.07) is 0.456. The molecule has 0 aromatic carbocycles. The van der Waals surface area contributed by atoms with Crippen molar-refractivity contribution in [1.29, 1.82) is 0 Å². The number of unbranched alkanes of at least 4 members (excludes halogenated alkanes) is 2. The summed E-state index contributed by atoms with van der Waals surface area (Å²) >= 11 is 0. The van der Waals surface area contributed by atoms with Crippen molar-refractivity contribution in [2.24, 2.45) is 23.2 Å². The van der Waals surface area contributed by atoms with Crippen LogP contribution in [0.4, 0.5) is 0 Å². The first-order valence-corrected chi connectivity index (χ1v) is 11.0.